The van der Waals surface area contributed by atoms with Gasteiger partial charge in [-0.05, 0) is 38.0 Å². The van der Waals surface area contributed by atoms with Crippen molar-refractivity contribution in [2.24, 2.45) is 10.9 Å². The Morgan fingerprint density at radius 3 is 2.62 bits per heavy atom. The highest BCUT2D eigenvalue weighted by molar-refractivity contribution is 5.80. The van der Waals surface area contributed by atoms with Gasteiger partial charge in [-0.25, -0.2) is 4.39 Å². The lowest BCUT2D eigenvalue weighted by atomic mass is 9.97. The van der Waals surface area contributed by atoms with E-state index < -0.39 is 0 Å². The molecule has 3 heterocycles. The summed E-state index contributed by atoms with van der Waals surface area (Å²) in [7, 11) is 0. The summed E-state index contributed by atoms with van der Waals surface area (Å²) in [6.07, 6.45) is 1.04. The van der Waals surface area contributed by atoms with E-state index in [0.29, 0.717) is 18.5 Å². The quantitative estimate of drug-likeness (QED) is 0.532. The third kappa shape index (κ3) is 5.98. The molecule has 3 aliphatic heterocycles. The molecule has 178 valence electrons. The monoisotopic (exact) mass is 448 g/mol. The van der Waals surface area contributed by atoms with Crippen LogP contribution in [0.2, 0.25) is 0 Å². The van der Waals surface area contributed by atoms with E-state index in [1.807, 2.05) is 12.1 Å². The molecule has 32 heavy (non-hydrogen) atoms. The van der Waals surface area contributed by atoms with Gasteiger partial charge in [0.25, 0.3) is 0 Å². The summed E-state index contributed by atoms with van der Waals surface area (Å²) in [5.41, 5.74) is 0.994. The third-order valence-corrected chi connectivity index (χ3v) is 6.59. The van der Waals surface area contributed by atoms with Crippen molar-refractivity contribution >= 4 is 5.96 Å². The van der Waals surface area contributed by atoms with E-state index in [2.05, 4.69) is 29.0 Å². The van der Waals surface area contributed by atoms with Gasteiger partial charge in [-0.2, -0.15) is 0 Å². The minimum atomic E-state index is -0.227. The molecule has 3 aliphatic rings. The van der Waals surface area contributed by atoms with E-state index in [9.17, 15) is 4.39 Å². The Labute approximate surface area is 190 Å². The zero-order chi connectivity index (χ0) is 22.3. The number of guanidine groups is 1. The number of aliphatic imine (C=N–C) groups is 1. The van der Waals surface area contributed by atoms with Crippen LogP contribution in [0.3, 0.4) is 0 Å². The highest BCUT2D eigenvalue weighted by Gasteiger charge is 2.33. The maximum atomic E-state index is 13.4. The largest absolute Gasteiger partial charge is 0.381 e. The summed E-state index contributed by atoms with van der Waals surface area (Å²) in [6.45, 7) is 12.3. The Morgan fingerprint density at radius 2 is 1.94 bits per heavy atom. The molecule has 3 fully saturated rings. The van der Waals surface area contributed by atoms with Crippen LogP contribution in [0.15, 0.2) is 29.3 Å². The van der Waals surface area contributed by atoms with Crippen molar-refractivity contribution < 1.29 is 18.6 Å². The van der Waals surface area contributed by atoms with Crippen molar-refractivity contribution in [3.63, 3.8) is 0 Å². The summed E-state index contributed by atoms with van der Waals surface area (Å²) in [4.78, 5) is 9.92. The van der Waals surface area contributed by atoms with Crippen molar-refractivity contribution in [2.75, 3.05) is 65.7 Å². The SMILES string of the molecule is CCNC(=NCC(C1CCOC1)N1CCOCC1)N1CC(C)OC(c2ccc(F)cc2)C1. The zero-order valence-corrected chi connectivity index (χ0v) is 19.3. The van der Waals surface area contributed by atoms with E-state index in [1.165, 1.54) is 12.1 Å². The number of rotatable bonds is 6. The van der Waals surface area contributed by atoms with Crippen LogP contribution < -0.4 is 5.32 Å². The molecule has 1 aromatic rings. The van der Waals surface area contributed by atoms with Gasteiger partial charge in [-0.15, -0.1) is 0 Å². The lowest BCUT2D eigenvalue weighted by Crippen LogP contribution is -2.52. The van der Waals surface area contributed by atoms with Crippen LogP contribution in [-0.2, 0) is 14.2 Å². The first-order valence-corrected chi connectivity index (χ1v) is 12.0. The van der Waals surface area contributed by atoms with Crippen LogP contribution in [0, 0.1) is 11.7 Å². The maximum absolute atomic E-state index is 13.4. The van der Waals surface area contributed by atoms with Crippen LogP contribution in [0.1, 0.15) is 31.9 Å². The first-order valence-electron chi connectivity index (χ1n) is 12.0. The standard InChI is InChI=1S/C24H37FN4O3/c1-3-26-24(27-14-22(20-8-11-31-17-20)28-9-12-30-13-10-28)29-15-18(2)32-23(16-29)19-4-6-21(25)7-5-19/h4-7,18,20,22-23H,3,8-17H2,1-2H3,(H,26,27). The molecule has 1 N–H and O–H groups in total. The molecule has 3 saturated heterocycles. The number of halogens is 1. The molecule has 4 atom stereocenters. The van der Waals surface area contributed by atoms with Crippen molar-refractivity contribution in [3.05, 3.63) is 35.6 Å². The first-order chi connectivity index (χ1) is 15.6. The van der Waals surface area contributed by atoms with Gasteiger partial charge < -0.3 is 24.4 Å². The van der Waals surface area contributed by atoms with Gasteiger partial charge >= 0.3 is 0 Å². The molecule has 7 nitrogen and oxygen atoms in total. The number of morpholine rings is 2. The van der Waals surface area contributed by atoms with E-state index in [1.54, 1.807) is 0 Å². The normalized spacial score (nSPS) is 28.7. The van der Waals surface area contributed by atoms with Gasteiger partial charge in [0.15, 0.2) is 5.96 Å². The summed E-state index contributed by atoms with van der Waals surface area (Å²) in [5, 5.41) is 3.49. The molecular weight excluding hydrogens is 411 g/mol. The van der Waals surface area contributed by atoms with E-state index in [-0.39, 0.29) is 18.0 Å². The second-order valence-corrected chi connectivity index (χ2v) is 8.93. The summed E-state index contributed by atoms with van der Waals surface area (Å²) >= 11 is 0. The first kappa shape index (κ1) is 23.4. The second-order valence-electron chi connectivity index (χ2n) is 8.93. The molecule has 0 spiro atoms. The fraction of sp³-hybridized carbons (Fsp3) is 0.708. The molecule has 0 radical (unpaired) electrons. The smallest absolute Gasteiger partial charge is 0.194 e. The van der Waals surface area contributed by atoms with Gasteiger partial charge in [0.2, 0.25) is 0 Å². The minimum absolute atomic E-state index is 0.0564. The Morgan fingerprint density at radius 1 is 1.16 bits per heavy atom. The fourth-order valence-corrected chi connectivity index (χ4v) is 4.92. The second kappa shape index (κ2) is 11.4. The molecular formula is C24H37FN4O3. The molecule has 4 rings (SSSR count). The van der Waals surface area contributed by atoms with Crippen molar-refractivity contribution in [3.8, 4) is 0 Å². The minimum Gasteiger partial charge on any atom is -0.381 e. The van der Waals surface area contributed by atoms with Crippen LogP contribution in [0.5, 0.6) is 0 Å². The van der Waals surface area contributed by atoms with Crippen LogP contribution >= 0.6 is 0 Å². The van der Waals surface area contributed by atoms with Gasteiger partial charge in [-0.1, -0.05) is 12.1 Å². The lowest BCUT2D eigenvalue weighted by molar-refractivity contribution is -0.0605. The van der Waals surface area contributed by atoms with Crippen molar-refractivity contribution in [1.29, 1.82) is 0 Å². The number of nitrogens with zero attached hydrogens (tertiary/aromatic N) is 3. The summed E-state index contributed by atoms with van der Waals surface area (Å²) < 4.78 is 30.9. The highest BCUT2D eigenvalue weighted by atomic mass is 19.1. The number of hydrogen-bond acceptors (Lipinski definition) is 5. The topological polar surface area (TPSA) is 58.6 Å². The lowest BCUT2D eigenvalue weighted by Gasteiger charge is -2.40. The highest BCUT2D eigenvalue weighted by Crippen LogP contribution is 2.26. The average Bonchev–Trinajstić information content (AvgIpc) is 3.34. The van der Waals surface area contributed by atoms with Gasteiger partial charge in [0.1, 0.15) is 11.9 Å². The number of nitrogens with one attached hydrogen (secondary N) is 1. The number of hydrogen-bond donors (Lipinski definition) is 1. The molecule has 8 heteroatoms. The molecule has 0 bridgehead atoms. The Hall–Kier alpha value is -1.74. The Kier molecular flexibility index (Phi) is 8.35. The third-order valence-electron chi connectivity index (χ3n) is 6.59. The van der Waals surface area contributed by atoms with E-state index in [0.717, 1.165) is 77.1 Å². The maximum Gasteiger partial charge on any atom is 0.194 e. The summed E-state index contributed by atoms with van der Waals surface area (Å²) in [5.74, 6) is 1.21. The summed E-state index contributed by atoms with van der Waals surface area (Å²) in [6, 6.07) is 6.99. The fourth-order valence-electron chi connectivity index (χ4n) is 4.92. The molecule has 1 aromatic carbocycles. The molecule has 0 aromatic heterocycles. The van der Waals surface area contributed by atoms with Crippen molar-refractivity contribution in [2.45, 2.75) is 38.5 Å². The predicted molar refractivity (Wildman–Crippen MR) is 122 cm³/mol. The van der Waals surface area contributed by atoms with Crippen LogP contribution in [-0.4, -0.2) is 93.6 Å². The number of ether oxygens (including phenoxy) is 3. The molecule has 4 unspecified atom stereocenters. The molecule has 0 aliphatic carbocycles. The van der Waals surface area contributed by atoms with Gasteiger partial charge in [0.05, 0.1) is 39.0 Å². The number of benzene rings is 1. The molecule has 0 amide bonds. The van der Waals surface area contributed by atoms with Gasteiger partial charge in [-0.3, -0.25) is 9.89 Å². The van der Waals surface area contributed by atoms with Crippen LogP contribution in [0.4, 0.5) is 4.39 Å². The Bertz CT molecular complexity index is 735. The average molecular weight is 449 g/mol. The zero-order valence-electron chi connectivity index (χ0n) is 19.3. The van der Waals surface area contributed by atoms with Crippen LogP contribution in [0.25, 0.3) is 0 Å². The van der Waals surface area contributed by atoms with Gasteiger partial charge in [0, 0.05) is 44.7 Å². The van der Waals surface area contributed by atoms with E-state index in [4.69, 9.17) is 19.2 Å². The van der Waals surface area contributed by atoms with Crippen molar-refractivity contribution in [1.82, 2.24) is 15.1 Å². The Balaban J connectivity index is 1.49. The predicted octanol–water partition coefficient (Wildman–Crippen LogP) is 2.29. The molecule has 0 saturated carbocycles. The van der Waals surface area contributed by atoms with E-state index >= 15 is 0 Å².